The lowest BCUT2D eigenvalue weighted by Crippen LogP contribution is -2.44. The number of hydrogen-bond donors (Lipinski definition) is 1. The van der Waals surface area contributed by atoms with Crippen LogP contribution in [0.1, 0.15) is 93.2 Å². The van der Waals surface area contributed by atoms with Crippen molar-refractivity contribution >= 4 is 17.6 Å². The first-order valence-electron chi connectivity index (χ1n) is 15.0. The molecule has 0 aromatic heterocycles. The van der Waals surface area contributed by atoms with Crippen LogP contribution in [0.4, 0.5) is 18.0 Å². The summed E-state index contributed by atoms with van der Waals surface area (Å²) in [5.41, 5.74) is 9.45. The number of allylic oxidation sites excluding steroid dienone is 1. The Balaban J connectivity index is 1.49. The van der Waals surface area contributed by atoms with E-state index in [0.717, 1.165) is 72.9 Å². The predicted octanol–water partition coefficient (Wildman–Crippen LogP) is 7.77. The number of halogens is 3. The zero-order chi connectivity index (χ0) is 31.3. The lowest BCUT2D eigenvalue weighted by molar-refractivity contribution is -0.137. The van der Waals surface area contributed by atoms with Gasteiger partial charge in [-0.15, -0.1) is 0 Å². The number of nitrogens with two attached hydrogens (primary N) is 1. The van der Waals surface area contributed by atoms with E-state index in [9.17, 15) is 22.8 Å². The SMILES string of the molecule is COc1ccc(CC2(C(N)=O)CCC2)cc1C1=C(CN2C(=O)O[C@H](c3cc(C)cc(C(F)(F)F)c3)[C@@H]2C)CC(C)(C)CC1. The first-order chi connectivity index (χ1) is 20.1. The van der Waals surface area contributed by atoms with Gasteiger partial charge in [-0.25, -0.2) is 4.79 Å². The third-order valence-electron chi connectivity index (χ3n) is 9.64. The van der Waals surface area contributed by atoms with E-state index in [1.165, 1.54) is 0 Å². The summed E-state index contributed by atoms with van der Waals surface area (Å²) in [5, 5.41) is 0. The fraction of sp³-hybridized carbons (Fsp3) is 0.529. The summed E-state index contributed by atoms with van der Waals surface area (Å²) in [6.45, 7) is 8.13. The van der Waals surface area contributed by atoms with Gasteiger partial charge in [-0.05, 0) is 104 Å². The number of carbonyl (C=O) groups is 2. The van der Waals surface area contributed by atoms with Crippen molar-refractivity contribution in [1.82, 2.24) is 4.90 Å². The van der Waals surface area contributed by atoms with E-state index >= 15 is 0 Å². The zero-order valence-corrected chi connectivity index (χ0v) is 25.6. The van der Waals surface area contributed by atoms with Gasteiger partial charge in [-0.1, -0.05) is 38.0 Å². The second-order valence-corrected chi connectivity index (χ2v) is 13.4. The van der Waals surface area contributed by atoms with Crippen molar-refractivity contribution in [2.75, 3.05) is 13.7 Å². The van der Waals surface area contributed by atoms with Crippen molar-refractivity contribution in [3.63, 3.8) is 0 Å². The lowest BCUT2D eigenvalue weighted by Gasteiger charge is -2.39. The van der Waals surface area contributed by atoms with Gasteiger partial charge in [-0.3, -0.25) is 9.69 Å². The first kappa shape index (κ1) is 31.0. The van der Waals surface area contributed by atoms with Crippen molar-refractivity contribution in [3.8, 4) is 5.75 Å². The molecule has 2 atom stereocenters. The maximum atomic E-state index is 13.6. The number of benzene rings is 2. The summed E-state index contributed by atoms with van der Waals surface area (Å²) in [6.07, 6.45) is -0.277. The molecule has 1 aliphatic heterocycles. The number of primary amides is 1. The summed E-state index contributed by atoms with van der Waals surface area (Å²) in [5.74, 6) is 0.453. The Morgan fingerprint density at radius 1 is 1.14 bits per heavy atom. The zero-order valence-electron chi connectivity index (χ0n) is 25.6. The van der Waals surface area contributed by atoms with Gasteiger partial charge in [0, 0.05) is 12.1 Å². The van der Waals surface area contributed by atoms with E-state index in [4.69, 9.17) is 15.2 Å². The number of amides is 2. The number of alkyl halides is 3. The largest absolute Gasteiger partial charge is 0.496 e. The van der Waals surface area contributed by atoms with Crippen LogP contribution in [0.25, 0.3) is 5.57 Å². The number of carbonyl (C=O) groups excluding carboxylic acids is 2. The monoisotopic (exact) mass is 598 g/mol. The molecule has 0 spiro atoms. The van der Waals surface area contributed by atoms with E-state index in [2.05, 4.69) is 19.9 Å². The smallest absolute Gasteiger partial charge is 0.416 e. The number of cyclic esters (lactones) is 1. The molecule has 1 heterocycles. The van der Waals surface area contributed by atoms with Crippen LogP contribution in [-0.2, 0) is 22.1 Å². The number of aryl methyl sites for hydroxylation is 1. The van der Waals surface area contributed by atoms with Crippen LogP contribution in [0, 0.1) is 17.8 Å². The second-order valence-electron chi connectivity index (χ2n) is 13.4. The Labute approximate surface area is 251 Å². The minimum Gasteiger partial charge on any atom is -0.496 e. The van der Waals surface area contributed by atoms with E-state index < -0.39 is 35.4 Å². The van der Waals surface area contributed by atoms with Crippen LogP contribution >= 0.6 is 0 Å². The molecule has 2 N–H and O–H groups in total. The molecule has 43 heavy (non-hydrogen) atoms. The molecule has 2 aromatic carbocycles. The van der Waals surface area contributed by atoms with Crippen molar-refractivity contribution in [3.05, 3.63) is 69.8 Å². The molecular formula is C34H41F3N2O4. The van der Waals surface area contributed by atoms with Crippen molar-refractivity contribution in [2.45, 2.75) is 91.0 Å². The average molecular weight is 599 g/mol. The van der Waals surface area contributed by atoms with Crippen LogP contribution in [0.2, 0.25) is 0 Å². The number of nitrogens with zero attached hydrogens (tertiary/aromatic N) is 1. The average Bonchev–Trinajstić information content (AvgIpc) is 3.17. The highest BCUT2D eigenvalue weighted by molar-refractivity contribution is 5.82. The Bertz CT molecular complexity index is 1460. The highest BCUT2D eigenvalue weighted by Crippen LogP contribution is 2.48. The van der Waals surface area contributed by atoms with Gasteiger partial charge in [0.2, 0.25) is 5.91 Å². The maximum Gasteiger partial charge on any atom is 0.416 e. The van der Waals surface area contributed by atoms with Crippen molar-refractivity contribution in [1.29, 1.82) is 0 Å². The Hall–Kier alpha value is -3.49. The van der Waals surface area contributed by atoms with E-state index in [0.29, 0.717) is 29.8 Å². The standard InChI is InChI=1S/C34H41F3N2O4/c1-20-13-23(16-25(14-20)34(35,36)37)29-21(2)39(31(41)43-29)19-24-18-32(3,4)12-9-26(24)27-15-22(7-8-28(27)42-5)17-33(30(38)40)10-6-11-33/h7-8,13-16,21,29H,6,9-12,17-19H2,1-5H3,(H2,38,40)/t21-,29-/m0/s1. The topological polar surface area (TPSA) is 81.9 Å². The molecule has 2 amide bonds. The molecule has 2 aromatic rings. The van der Waals surface area contributed by atoms with E-state index in [1.807, 2.05) is 19.1 Å². The molecule has 2 aliphatic carbocycles. The van der Waals surface area contributed by atoms with E-state index in [-0.39, 0.29) is 11.3 Å². The molecule has 1 saturated heterocycles. The number of hydrogen-bond acceptors (Lipinski definition) is 4. The summed E-state index contributed by atoms with van der Waals surface area (Å²) in [7, 11) is 1.63. The summed E-state index contributed by atoms with van der Waals surface area (Å²) in [6, 6.07) is 9.37. The molecule has 9 heteroatoms. The summed E-state index contributed by atoms with van der Waals surface area (Å²) >= 11 is 0. The maximum absolute atomic E-state index is 13.6. The first-order valence-corrected chi connectivity index (χ1v) is 15.0. The van der Waals surface area contributed by atoms with Gasteiger partial charge < -0.3 is 15.2 Å². The quantitative estimate of drug-likeness (QED) is 0.337. The highest BCUT2D eigenvalue weighted by atomic mass is 19.4. The molecule has 2 fully saturated rings. The van der Waals surface area contributed by atoms with Crippen LogP contribution in [-0.4, -0.2) is 36.6 Å². The third kappa shape index (κ3) is 6.13. The number of ether oxygens (including phenoxy) is 2. The molecule has 1 saturated carbocycles. The van der Waals surface area contributed by atoms with Gasteiger partial charge in [0.15, 0.2) is 0 Å². The predicted molar refractivity (Wildman–Crippen MR) is 158 cm³/mol. The summed E-state index contributed by atoms with van der Waals surface area (Å²) < 4.78 is 52.2. The molecule has 3 aliphatic rings. The van der Waals surface area contributed by atoms with Gasteiger partial charge in [0.25, 0.3) is 0 Å². The van der Waals surface area contributed by atoms with Gasteiger partial charge in [0.1, 0.15) is 11.9 Å². The van der Waals surface area contributed by atoms with Crippen LogP contribution in [0.3, 0.4) is 0 Å². The molecule has 6 nitrogen and oxygen atoms in total. The number of methoxy groups -OCH3 is 1. The van der Waals surface area contributed by atoms with Crippen LogP contribution < -0.4 is 10.5 Å². The van der Waals surface area contributed by atoms with Crippen LogP contribution in [0.15, 0.2) is 42.0 Å². The minimum atomic E-state index is -4.50. The molecular weight excluding hydrogens is 557 g/mol. The van der Waals surface area contributed by atoms with Gasteiger partial charge >= 0.3 is 12.3 Å². The van der Waals surface area contributed by atoms with Gasteiger partial charge in [-0.2, -0.15) is 13.2 Å². The molecule has 0 bridgehead atoms. The second kappa shape index (κ2) is 11.2. The fourth-order valence-corrected chi connectivity index (χ4v) is 7.00. The Morgan fingerprint density at radius 2 is 1.86 bits per heavy atom. The van der Waals surface area contributed by atoms with Crippen LogP contribution in [0.5, 0.6) is 5.75 Å². The normalized spacial score (nSPS) is 23.2. The lowest BCUT2D eigenvalue weighted by atomic mass is 9.64. The Morgan fingerprint density at radius 3 is 2.47 bits per heavy atom. The van der Waals surface area contributed by atoms with Crippen molar-refractivity contribution < 1.29 is 32.2 Å². The van der Waals surface area contributed by atoms with E-state index in [1.54, 1.807) is 25.0 Å². The minimum absolute atomic E-state index is 0.00391. The molecule has 232 valence electrons. The Kier molecular flexibility index (Phi) is 8.07. The van der Waals surface area contributed by atoms with Crippen molar-refractivity contribution in [2.24, 2.45) is 16.6 Å². The highest BCUT2D eigenvalue weighted by Gasteiger charge is 2.44. The molecule has 0 radical (unpaired) electrons. The third-order valence-corrected chi connectivity index (χ3v) is 9.64. The molecule has 0 unspecified atom stereocenters. The number of rotatable bonds is 8. The molecule has 5 rings (SSSR count). The fourth-order valence-electron chi connectivity index (χ4n) is 7.00. The summed E-state index contributed by atoms with van der Waals surface area (Å²) in [4.78, 5) is 27.2. The van der Waals surface area contributed by atoms with Gasteiger partial charge in [0.05, 0.1) is 24.1 Å².